The number of aliphatic hydroxyl groups is 1. The number of amides is 1. The summed E-state index contributed by atoms with van der Waals surface area (Å²) in [6.45, 7) is 6.73. The summed E-state index contributed by atoms with van der Waals surface area (Å²) in [6.07, 6.45) is 1.03. The van der Waals surface area contributed by atoms with E-state index in [4.69, 9.17) is 9.84 Å². The standard InChI is InChI=1S/C14H25NO5/c1-14(2,3)20-13(19)15-8-4-5-10(9-15)6-7-11(16)12(17)18/h10-11,16H,4-9H2,1-3H3,(H,17,18). The Morgan fingerprint density at radius 1 is 1.40 bits per heavy atom. The first-order chi connectivity index (χ1) is 9.19. The third-order valence-corrected chi connectivity index (χ3v) is 3.30. The number of likely N-dealkylation sites (tertiary alicyclic amines) is 1. The van der Waals surface area contributed by atoms with Crippen molar-refractivity contribution in [1.29, 1.82) is 0 Å². The number of nitrogens with zero attached hydrogens (tertiary/aromatic N) is 1. The third-order valence-electron chi connectivity index (χ3n) is 3.30. The lowest BCUT2D eigenvalue weighted by Gasteiger charge is -2.34. The van der Waals surface area contributed by atoms with Crippen molar-refractivity contribution in [2.24, 2.45) is 5.92 Å². The van der Waals surface area contributed by atoms with E-state index in [2.05, 4.69) is 0 Å². The Labute approximate surface area is 119 Å². The Balaban J connectivity index is 2.42. The van der Waals surface area contributed by atoms with Gasteiger partial charge in [-0.05, 0) is 52.4 Å². The maximum absolute atomic E-state index is 12.0. The minimum Gasteiger partial charge on any atom is -0.479 e. The number of hydrogen-bond acceptors (Lipinski definition) is 4. The summed E-state index contributed by atoms with van der Waals surface area (Å²) < 4.78 is 5.33. The molecular weight excluding hydrogens is 262 g/mol. The molecule has 6 heteroatoms. The first-order valence-corrected chi connectivity index (χ1v) is 7.08. The fourth-order valence-corrected chi connectivity index (χ4v) is 2.31. The number of carboxylic acid groups (broad SMARTS) is 1. The minimum atomic E-state index is -1.31. The molecule has 1 aliphatic heterocycles. The van der Waals surface area contributed by atoms with E-state index in [1.807, 2.05) is 20.8 Å². The van der Waals surface area contributed by atoms with Crippen molar-refractivity contribution < 1.29 is 24.5 Å². The fraction of sp³-hybridized carbons (Fsp3) is 0.857. The van der Waals surface area contributed by atoms with Crippen LogP contribution in [0.5, 0.6) is 0 Å². The van der Waals surface area contributed by atoms with Gasteiger partial charge in [-0.25, -0.2) is 9.59 Å². The maximum Gasteiger partial charge on any atom is 0.410 e. The van der Waals surface area contributed by atoms with Crippen LogP contribution in [0, 0.1) is 5.92 Å². The van der Waals surface area contributed by atoms with Gasteiger partial charge in [-0.1, -0.05) is 0 Å². The van der Waals surface area contributed by atoms with Crippen LogP contribution in [-0.2, 0) is 9.53 Å². The molecule has 1 heterocycles. The van der Waals surface area contributed by atoms with Crippen LogP contribution in [0.4, 0.5) is 4.79 Å². The second-order valence-electron chi connectivity index (χ2n) is 6.37. The zero-order chi connectivity index (χ0) is 15.3. The molecule has 0 aliphatic carbocycles. The Morgan fingerprint density at radius 3 is 2.60 bits per heavy atom. The summed E-state index contributed by atoms with van der Waals surface area (Å²) in [5.74, 6) is -0.963. The van der Waals surface area contributed by atoms with Crippen LogP contribution < -0.4 is 0 Å². The van der Waals surface area contributed by atoms with E-state index < -0.39 is 17.7 Å². The molecule has 0 spiro atoms. The van der Waals surface area contributed by atoms with Crippen LogP contribution >= 0.6 is 0 Å². The summed E-state index contributed by atoms with van der Waals surface area (Å²) >= 11 is 0. The lowest BCUT2D eigenvalue weighted by molar-refractivity contribution is -0.147. The highest BCUT2D eigenvalue weighted by Crippen LogP contribution is 2.23. The second-order valence-corrected chi connectivity index (χ2v) is 6.37. The van der Waals surface area contributed by atoms with Gasteiger partial charge in [-0.3, -0.25) is 0 Å². The number of aliphatic carboxylic acids is 1. The van der Waals surface area contributed by atoms with Crippen LogP contribution in [-0.4, -0.2) is 52.0 Å². The number of rotatable bonds is 4. The SMILES string of the molecule is CC(C)(C)OC(=O)N1CCCC(CCC(O)C(=O)O)C1. The lowest BCUT2D eigenvalue weighted by Crippen LogP contribution is -2.43. The molecule has 0 aromatic heterocycles. The molecule has 1 amide bonds. The zero-order valence-electron chi connectivity index (χ0n) is 12.5. The third kappa shape index (κ3) is 5.77. The fourth-order valence-electron chi connectivity index (χ4n) is 2.31. The van der Waals surface area contributed by atoms with E-state index in [0.29, 0.717) is 19.5 Å². The minimum absolute atomic E-state index is 0.224. The lowest BCUT2D eigenvalue weighted by atomic mass is 9.92. The average Bonchev–Trinajstić information content (AvgIpc) is 2.34. The van der Waals surface area contributed by atoms with E-state index in [1.54, 1.807) is 4.90 Å². The molecule has 20 heavy (non-hydrogen) atoms. The quantitative estimate of drug-likeness (QED) is 0.824. The Morgan fingerprint density at radius 2 is 2.05 bits per heavy atom. The summed E-state index contributed by atoms with van der Waals surface area (Å²) in [5.41, 5.74) is -0.510. The van der Waals surface area contributed by atoms with E-state index in [1.165, 1.54) is 0 Å². The molecule has 116 valence electrons. The first-order valence-electron chi connectivity index (χ1n) is 7.08. The topological polar surface area (TPSA) is 87.1 Å². The predicted molar refractivity (Wildman–Crippen MR) is 73.4 cm³/mol. The average molecular weight is 287 g/mol. The molecule has 0 aromatic rings. The van der Waals surface area contributed by atoms with Crippen LogP contribution in [0.25, 0.3) is 0 Å². The molecule has 6 nitrogen and oxygen atoms in total. The molecule has 1 saturated heterocycles. The normalized spacial score (nSPS) is 21.4. The van der Waals surface area contributed by atoms with Gasteiger partial charge in [0.1, 0.15) is 5.60 Å². The summed E-state index contributed by atoms with van der Waals surface area (Å²) in [7, 11) is 0. The summed E-state index contributed by atoms with van der Waals surface area (Å²) in [5, 5.41) is 17.9. The number of ether oxygens (including phenoxy) is 1. The Kier molecular flexibility index (Phi) is 5.80. The maximum atomic E-state index is 12.0. The van der Waals surface area contributed by atoms with Gasteiger partial charge < -0.3 is 19.8 Å². The monoisotopic (exact) mass is 287 g/mol. The molecule has 2 unspecified atom stereocenters. The largest absolute Gasteiger partial charge is 0.479 e. The molecule has 0 bridgehead atoms. The Bertz CT molecular complexity index is 350. The van der Waals surface area contributed by atoms with Gasteiger partial charge in [-0.15, -0.1) is 0 Å². The van der Waals surface area contributed by atoms with Crippen LogP contribution in [0.3, 0.4) is 0 Å². The van der Waals surface area contributed by atoms with Crippen molar-refractivity contribution in [3.8, 4) is 0 Å². The van der Waals surface area contributed by atoms with Crippen LogP contribution in [0.15, 0.2) is 0 Å². The number of piperidine rings is 1. The molecule has 0 aromatic carbocycles. The molecule has 1 aliphatic rings. The summed E-state index contributed by atoms with van der Waals surface area (Å²) in [6, 6.07) is 0. The van der Waals surface area contributed by atoms with Gasteiger partial charge in [0.2, 0.25) is 0 Å². The smallest absolute Gasteiger partial charge is 0.410 e. The molecule has 2 atom stereocenters. The second kappa shape index (κ2) is 6.92. The number of hydrogen-bond donors (Lipinski definition) is 2. The Hall–Kier alpha value is -1.30. The van der Waals surface area contributed by atoms with Crippen molar-refractivity contribution in [3.05, 3.63) is 0 Å². The van der Waals surface area contributed by atoms with Crippen molar-refractivity contribution in [2.75, 3.05) is 13.1 Å². The van der Waals surface area contributed by atoms with Gasteiger partial charge in [0.15, 0.2) is 6.10 Å². The highest BCUT2D eigenvalue weighted by molar-refractivity contribution is 5.71. The molecule has 1 fully saturated rings. The van der Waals surface area contributed by atoms with Gasteiger partial charge in [0.05, 0.1) is 0 Å². The van der Waals surface area contributed by atoms with Gasteiger partial charge in [0, 0.05) is 13.1 Å². The number of carbonyl (C=O) groups is 2. The van der Waals surface area contributed by atoms with Gasteiger partial charge in [0.25, 0.3) is 0 Å². The molecule has 1 rings (SSSR count). The van der Waals surface area contributed by atoms with Crippen LogP contribution in [0.2, 0.25) is 0 Å². The van der Waals surface area contributed by atoms with E-state index in [0.717, 1.165) is 12.8 Å². The summed E-state index contributed by atoms with van der Waals surface area (Å²) in [4.78, 5) is 24.2. The van der Waals surface area contributed by atoms with Crippen molar-refractivity contribution in [3.63, 3.8) is 0 Å². The number of carboxylic acids is 1. The first kappa shape index (κ1) is 16.8. The van der Waals surface area contributed by atoms with Gasteiger partial charge >= 0.3 is 12.1 Å². The molecule has 0 saturated carbocycles. The highest BCUT2D eigenvalue weighted by Gasteiger charge is 2.28. The van der Waals surface area contributed by atoms with Crippen molar-refractivity contribution in [2.45, 2.75) is 58.2 Å². The zero-order valence-corrected chi connectivity index (χ0v) is 12.5. The predicted octanol–water partition coefficient (Wildman–Crippen LogP) is 1.86. The van der Waals surface area contributed by atoms with E-state index in [-0.39, 0.29) is 18.4 Å². The van der Waals surface area contributed by atoms with Crippen molar-refractivity contribution >= 4 is 12.1 Å². The van der Waals surface area contributed by atoms with E-state index >= 15 is 0 Å². The molecule has 0 radical (unpaired) electrons. The van der Waals surface area contributed by atoms with Crippen molar-refractivity contribution in [1.82, 2.24) is 4.90 Å². The molecule has 2 N–H and O–H groups in total. The molecular formula is C14H25NO5. The number of carbonyl (C=O) groups excluding carboxylic acids is 1. The highest BCUT2D eigenvalue weighted by atomic mass is 16.6. The van der Waals surface area contributed by atoms with Gasteiger partial charge in [-0.2, -0.15) is 0 Å². The van der Waals surface area contributed by atoms with E-state index in [9.17, 15) is 14.7 Å². The van der Waals surface area contributed by atoms with Crippen LogP contribution in [0.1, 0.15) is 46.5 Å². The number of aliphatic hydroxyl groups excluding tert-OH is 1.